The molecule has 3 rings (SSSR count). The van der Waals surface area contributed by atoms with Crippen molar-refractivity contribution in [2.45, 2.75) is 27.3 Å². The van der Waals surface area contributed by atoms with Crippen LogP contribution in [-0.2, 0) is 13.6 Å². The lowest BCUT2D eigenvalue weighted by Crippen LogP contribution is -2.20. The van der Waals surface area contributed by atoms with Crippen molar-refractivity contribution in [2.75, 3.05) is 0 Å². The average molecular weight is 355 g/mol. The summed E-state index contributed by atoms with van der Waals surface area (Å²) >= 11 is 1.13. The first-order chi connectivity index (χ1) is 11.9. The minimum Gasteiger partial charge on any atom is -0.299 e. The van der Waals surface area contributed by atoms with Crippen LogP contribution in [0.4, 0.5) is 0 Å². The number of H-pyrrole nitrogens is 1. The summed E-state index contributed by atoms with van der Waals surface area (Å²) in [7, 11) is 1.57. The maximum atomic E-state index is 13.0. The summed E-state index contributed by atoms with van der Waals surface area (Å²) in [5.74, 6) is 5.33. The van der Waals surface area contributed by atoms with Crippen LogP contribution in [0.25, 0.3) is 10.2 Å². The highest BCUT2D eigenvalue weighted by molar-refractivity contribution is 7.16. The van der Waals surface area contributed by atoms with Gasteiger partial charge in [-0.2, -0.15) is 0 Å². The molecule has 0 aliphatic carbocycles. The second-order valence-corrected chi connectivity index (χ2v) is 6.76. The molecule has 1 N–H and O–H groups in total. The fourth-order valence-electron chi connectivity index (χ4n) is 2.97. The molecule has 0 radical (unpaired) electrons. The van der Waals surface area contributed by atoms with Crippen molar-refractivity contribution < 1.29 is 4.79 Å². The lowest BCUT2D eigenvalue weighted by atomic mass is 9.98. The van der Waals surface area contributed by atoms with Gasteiger partial charge in [0, 0.05) is 18.3 Å². The molecule has 6 nitrogen and oxygen atoms in total. The number of thiazole rings is 1. The van der Waals surface area contributed by atoms with E-state index >= 15 is 0 Å². The Bertz CT molecular complexity index is 1180. The van der Waals surface area contributed by atoms with Crippen molar-refractivity contribution in [1.29, 1.82) is 0 Å². The standard InChI is InChI=1S/C18H17N3O3S/c1-5-6-9-21-15-10(2)12(7-8-13(15)25-18(21)24)16(22)14-11(3)19-20(4)17(14)23/h7-8,19H,9H2,1-4H3. The predicted octanol–water partition coefficient (Wildman–Crippen LogP) is 1.96. The Balaban J connectivity index is 2.25. The van der Waals surface area contributed by atoms with E-state index in [0.29, 0.717) is 22.3 Å². The highest BCUT2D eigenvalue weighted by atomic mass is 32.1. The number of benzene rings is 1. The number of rotatable bonds is 3. The molecule has 2 heterocycles. The maximum Gasteiger partial charge on any atom is 0.309 e. The summed E-state index contributed by atoms with van der Waals surface area (Å²) < 4.78 is 3.66. The van der Waals surface area contributed by atoms with Gasteiger partial charge in [0.25, 0.3) is 5.56 Å². The van der Waals surface area contributed by atoms with E-state index in [0.717, 1.165) is 16.0 Å². The van der Waals surface area contributed by atoms with Crippen LogP contribution in [0, 0.1) is 25.7 Å². The van der Waals surface area contributed by atoms with Crippen molar-refractivity contribution >= 4 is 27.3 Å². The number of hydrogen-bond acceptors (Lipinski definition) is 4. The van der Waals surface area contributed by atoms with Crippen molar-refractivity contribution in [3.05, 3.63) is 54.5 Å². The Morgan fingerprint density at radius 2 is 2.00 bits per heavy atom. The van der Waals surface area contributed by atoms with Crippen LogP contribution < -0.4 is 10.4 Å². The van der Waals surface area contributed by atoms with Crippen molar-refractivity contribution in [2.24, 2.45) is 7.05 Å². The molecule has 0 unspecified atom stereocenters. The molecule has 0 aliphatic rings. The summed E-state index contributed by atoms with van der Waals surface area (Å²) in [6.45, 7) is 5.48. The second-order valence-electron chi connectivity index (χ2n) is 5.77. The van der Waals surface area contributed by atoms with E-state index in [2.05, 4.69) is 16.9 Å². The van der Waals surface area contributed by atoms with Crippen LogP contribution >= 0.6 is 11.3 Å². The lowest BCUT2D eigenvalue weighted by molar-refractivity contribution is 0.103. The molecule has 3 aromatic rings. The van der Waals surface area contributed by atoms with E-state index in [4.69, 9.17) is 0 Å². The quantitative estimate of drug-likeness (QED) is 0.576. The van der Waals surface area contributed by atoms with Gasteiger partial charge >= 0.3 is 4.87 Å². The molecule has 0 fully saturated rings. The van der Waals surface area contributed by atoms with Gasteiger partial charge in [-0.05, 0) is 38.5 Å². The van der Waals surface area contributed by atoms with E-state index in [1.165, 1.54) is 4.68 Å². The smallest absolute Gasteiger partial charge is 0.299 e. The Hall–Kier alpha value is -2.85. The van der Waals surface area contributed by atoms with Gasteiger partial charge < -0.3 is 0 Å². The number of nitrogens with one attached hydrogen (secondary N) is 1. The molecule has 0 spiro atoms. The van der Waals surface area contributed by atoms with E-state index in [1.807, 2.05) is 0 Å². The number of aromatic nitrogens is 3. The Kier molecular flexibility index (Phi) is 4.23. The van der Waals surface area contributed by atoms with Gasteiger partial charge in [0.05, 0.1) is 16.8 Å². The number of carbonyl (C=O) groups is 1. The highest BCUT2D eigenvalue weighted by Gasteiger charge is 2.23. The molecular weight excluding hydrogens is 338 g/mol. The molecule has 0 aliphatic heterocycles. The number of aryl methyl sites for hydroxylation is 3. The third-order valence-corrected chi connectivity index (χ3v) is 5.14. The minimum atomic E-state index is -0.360. The van der Waals surface area contributed by atoms with Gasteiger partial charge in [-0.25, -0.2) is 0 Å². The van der Waals surface area contributed by atoms with Crippen LogP contribution in [0.15, 0.2) is 21.7 Å². The lowest BCUT2D eigenvalue weighted by Gasteiger charge is -2.07. The molecule has 7 heteroatoms. The van der Waals surface area contributed by atoms with Gasteiger partial charge in [0.1, 0.15) is 5.56 Å². The largest absolute Gasteiger partial charge is 0.309 e. The first-order valence-corrected chi connectivity index (χ1v) is 8.51. The summed E-state index contributed by atoms with van der Waals surface area (Å²) in [6, 6.07) is 3.43. The first kappa shape index (κ1) is 17.0. The van der Waals surface area contributed by atoms with Crippen molar-refractivity contribution in [3.63, 3.8) is 0 Å². The van der Waals surface area contributed by atoms with Gasteiger partial charge in [0.15, 0.2) is 0 Å². The number of nitrogens with zero attached hydrogens (tertiary/aromatic N) is 2. The molecular formula is C18H17N3O3S. The maximum absolute atomic E-state index is 13.0. The molecule has 0 bridgehead atoms. The SMILES string of the molecule is CC#CCn1c(=O)sc2ccc(C(=O)c3c(C)[nH]n(C)c3=O)c(C)c21. The molecule has 25 heavy (non-hydrogen) atoms. The van der Waals surface area contributed by atoms with E-state index in [-0.39, 0.29) is 28.3 Å². The van der Waals surface area contributed by atoms with Crippen LogP contribution in [0.5, 0.6) is 0 Å². The topological polar surface area (TPSA) is 76.9 Å². The normalized spacial score (nSPS) is 10.7. The molecule has 0 amide bonds. The summed E-state index contributed by atoms with van der Waals surface area (Å²) in [6.07, 6.45) is 0. The number of ketones is 1. The number of carbonyl (C=O) groups excluding carboxylic acids is 1. The number of aromatic amines is 1. The Morgan fingerprint density at radius 3 is 2.60 bits per heavy atom. The molecule has 0 saturated heterocycles. The molecule has 0 atom stereocenters. The summed E-state index contributed by atoms with van der Waals surface area (Å²) in [5, 5.41) is 2.84. The zero-order valence-electron chi connectivity index (χ0n) is 14.4. The molecule has 1 aromatic carbocycles. The number of fused-ring (bicyclic) bond motifs is 1. The first-order valence-electron chi connectivity index (χ1n) is 7.69. The Morgan fingerprint density at radius 1 is 1.28 bits per heavy atom. The highest BCUT2D eigenvalue weighted by Crippen LogP contribution is 2.25. The monoisotopic (exact) mass is 355 g/mol. The zero-order valence-corrected chi connectivity index (χ0v) is 15.2. The van der Waals surface area contributed by atoms with Gasteiger partial charge in [-0.15, -0.1) is 5.92 Å². The van der Waals surface area contributed by atoms with Crippen LogP contribution in [0.3, 0.4) is 0 Å². The zero-order chi connectivity index (χ0) is 18.3. The fourth-order valence-corrected chi connectivity index (χ4v) is 3.92. The van der Waals surface area contributed by atoms with Gasteiger partial charge in [-0.3, -0.25) is 28.7 Å². The Labute approximate surface area is 147 Å². The third-order valence-electron chi connectivity index (χ3n) is 4.20. The van der Waals surface area contributed by atoms with Gasteiger partial charge in [0.2, 0.25) is 5.78 Å². The molecule has 0 saturated carbocycles. The third kappa shape index (κ3) is 2.65. The van der Waals surface area contributed by atoms with E-state index in [1.54, 1.807) is 44.5 Å². The van der Waals surface area contributed by atoms with E-state index in [9.17, 15) is 14.4 Å². The fraction of sp³-hybridized carbons (Fsp3) is 0.278. The van der Waals surface area contributed by atoms with Crippen LogP contribution in [-0.4, -0.2) is 20.1 Å². The van der Waals surface area contributed by atoms with Crippen LogP contribution in [0.1, 0.15) is 34.1 Å². The van der Waals surface area contributed by atoms with Crippen LogP contribution in [0.2, 0.25) is 0 Å². The van der Waals surface area contributed by atoms with E-state index < -0.39 is 0 Å². The summed E-state index contributed by atoms with van der Waals surface area (Å²) in [5.41, 5.74) is 2.10. The predicted molar refractivity (Wildman–Crippen MR) is 98.5 cm³/mol. The summed E-state index contributed by atoms with van der Waals surface area (Å²) in [4.78, 5) is 37.3. The average Bonchev–Trinajstić information content (AvgIpc) is 3.01. The van der Waals surface area contributed by atoms with Crippen molar-refractivity contribution in [1.82, 2.24) is 14.3 Å². The minimum absolute atomic E-state index is 0.112. The van der Waals surface area contributed by atoms with Crippen molar-refractivity contribution in [3.8, 4) is 11.8 Å². The second kappa shape index (κ2) is 6.22. The molecule has 2 aromatic heterocycles. The molecule has 128 valence electrons. The number of hydrogen-bond donors (Lipinski definition) is 1. The van der Waals surface area contributed by atoms with Gasteiger partial charge in [-0.1, -0.05) is 17.3 Å².